The molecule has 4 rings (SSSR count). The molecular weight excluding hydrogens is 870 g/mol. The number of sulfonamides is 2. The second kappa shape index (κ2) is 15.7. The number of rotatable bonds is 5. The number of alkyl halides is 6. The average Bonchev–Trinajstić information content (AvgIpc) is 3.07. The summed E-state index contributed by atoms with van der Waals surface area (Å²) in [6.07, 6.45) is -7.87. The molecule has 0 amide bonds. The predicted molar refractivity (Wildman–Crippen MR) is 209 cm³/mol. The molecule has 2 aromatic heterocycles. The van der Waals surface area contributed by atoms with E-state index in [4.69, 9.17) is 11.6 Å². The highest BCUT2D eigenvalue weighted by Gasteiger charge is 2.56. The highest BCUT2D eigenvalue weighted by molar-refractivity contribution is 7.89. The summed E-state index contributed by atoms with van der Waals surface area (Å²) >= 11 is 6.38. The standard InChI is InChI=1S/C19H20ClF3N2O4S.C19H21F3N2O5S/c1-9-10(7-8-11(24-9)19(21,22)23)13(26)12-14(20)17(2,3)16(27)18(4,5)15(12)25-30(6,28)29;1-9-10(7-8-11(23-9)19(20,21)22)13(25)12-14(24-30(6,28)29)17(2,3)16(27)18(4,5)15(12)26/h7-8H,1-6H3;7-8,25H,1-6H3. The van der Waals surface area contributed by atoms with E-state index < -0.39 is 106 Å². The van der Waals surface area contributed by atoms with Gasteiger partial charge in [0.25, 0.3) is 20.0 Å². The van der Waals surface area contributed by atoms with Crippen LogP contribution in [0.15, 0.2) is 49.2 Å². The SMILES string of the molecule is Cc1nc(C(F)(F)F)ccc1C(=O)C1=C(Cl)C(C)(C)C(=O)C(C)(C)C1=NS(C)(=O)=O.Cc1nc(C(F)(F)F)ccc1C(O)=C1C(=O)C(C)(C)C(=O)C(C)(C)C1=NS(C)(=O)=O. The molecular formula is C38H41ClF6N4O9S2. The van der Waals surface area contributed by atoms with Crippen LogP contribution in [-0.4, -0.2) is 79.0 Å². The third-order valence-corrected chi connectivity index (χ3v) is 11.4. The van der Waals surface area contributed by atoms with Crippen molar-refractivity contribution in [2.24, 2.45) is 30.5 Å². The number of ketones is 4. The molecule has 0 unspecified atom stereocenters. The summed E-state index contributed by atoms with van der Waals surface area (Å²) in [5.41, 5.74) is -11.0. The van der Waals surface area contributed by atoms with Crippen LogP contribution in [0.3, 0.4) is 0 Å². The Morgan fingerprint density at radius 3 is 1.40 bits per heavy atom. The number of halogens is 7. The van der Waals surface area contributed by atoms with Crippen LogP contribution in [0.25, 0.3) is 5.76 Å². The summed E-state index contributed by atoms with van der Waals surface area (Å²) in [5.74, 6) is -3.63. The lowest BCUT2D eigenvalue weighted by atomic mass is 9.60. The molecule has 2 aliphatic rings. The summed E-state index contributed by atoms with van der Waals surface area (Å²) in [4.78, 5) is 59.1. The molecule has 0 radical (unpaired) electrons. The lowest BCUT2D eigenvalue weighted by Gasteiger charge is -2.40. The molecule has 0 saturated heterocycles. The Bertz CT molecular complexity index is 2590. The molecule has 1 fully saturated rings. The van der Waals surface area contributed by atoms with E-state index in [-0.39, 0.29) is 38.8 Å². The zero-order chi connectivity index (χ0) is 46.9. The normalized spacial score (nSPS) is 21.5. The van der Waals surface area contributed by atoms with Crippen molar-refractivity contribution in [3.8, 4) is 0 Å². The molecule has 22 heteroatoms. The van der Waals surface area contributed by atoms with Crippen LogP contribution in [0.4, 0.5) is 26.3 Å². The number of aliphatic hydroxyl groups excluding tert-OH is 1. The Morgan fingerprint density at radius 2 is 1.02 bits per heavy atom. The number of allylic oxidation sites excluding steroid dienone is 3. The zero-order valence-corrected chi connectivity index (χ0v) is 36.7. The number of carbonyl (C=O) groups is 4. The van der Waals surface area contributed by atoms with Gasteiger partial charge in [0.2, 0.25) is 0 Å². The first-order chi connectivity index (χ1) is 26.6. The van der Waals surface area contributed by atoms with E-state index in [2.05, 4.69) is 18.8 Å². The summed E-state index contributed by atoms with van der Waals surface area (Å²) in [6.45, 7) is 13.5. The number of Topliss-reactive ketones (excluding diaryl/α,β-unsaturated/α-hetero) is 4. The van der Waals surface area contributed by atoms with Gasteiger partial charge in [-0.2, -0.15) is 35.1 Å². The lowest BCUT2D eigenvalue weighted by molar-refractivity contribution is -0.142. The van der Waals surface area contributed by atoms with Crippen molar-refractivity contribution in [1.82, 2.24) is 9.97 Å². The number of hydrogen-bond donors (Lipinski definition) is 1. The summed E-state index contributed by atoms with van der Waals surface area (Å²) in [7, 11) is -8.13. The Kier molecular flexibility index (Phi) is 13.0. The Morgan fingerprint density at radius 1 is 0.650 bits per heavy atom. The average molecular weight is 911 g/mol. The Hall–Kier alpha value is -4.63. The van der Waals surface area contributed by atoms with Crippen LogP contribution in [0.1, 0.15) is 94.1 Å². The number of pyridine rings is 2. The van der Waals surface area contributed by atoms with Gasteiger partial charge in [0.05, 0.1) is 56.7 Å². The summed E-state index contributed by atoms with van der Waals surface area (Å²) < 4.78 is 132. The molecule has 2 aliphatic carbocycles. The maximum absolute atomic E-state index is 13.3. The highest BCUT2D eigenvalue weighted by atomic mass is 35.5. The van der Waals surface area contributed by atoms with E-state index in [9.17, 15) is 67.5 Å². The third kappa shape index (κ3) is 9.62. The van der Waals surface area contributed by atoms with Gasteiger partial charge in [-0.1, -0.05) is 11.6 Å². The lowest BCUT2D eigenvalue weighted by Crippen LogP contribution is -2.54. The zero-order valence-electron chi connectivity index (χ0n) is 34.3. The number of nitrogens with zero attached hydrogens (tertiary/aromatic N) is 4. The number of aliphatic hydroxyl groups is 1. The van der Waals surface area contributed by atoms with Crippen LogP contribution in [0, 0.1) is 35.5 Å². The summed E-state index contributed by atoms with van der Waals surface area (Å²) in [5, 5.41) is 10.6. The van der Waals surface area contributed by atoms with Crippen LogP contribution in [0.2, 0.25) is 0 Å². The molecule has 2 aromatic rings. The Labute approximate surface area is 347 Å². The minimum atomic E-state index is -4.72. The molecule has 0 aliphatic heterocycles. The fraction of sp³-hybridized carbons (Fsp3) is 0.474. The van der Waals surface area contributed by atoms with Crippen molar-refractivity contribution in [3.05, 3.63) is 74.3 Å². The molecule has 60 heavy (non-hydrogen) atoms. The van der Waals surface area contributed by atoms with Gasteiger partial charge in [-0.15, -0.1) is 0 Å². The van der Waals surface area contributed by atoms with Gasteiger partial charge in [0, 0.05) is 27.5 Å². The van der Waals surface area contributed by atoms with E-state index in [0.29, 0.717) is 12.1 Å². The van der Waals surface area contributed by atoms with Gasteiger partial charge in [-0.25, -0.2) is 26.8 Å². The summed E-state index contributed by atoms with van der Waals surface area (Å²) in [6, 6.07) is 3.14. The minimum absolute atomic E-state index is 0.210. The van der Waals surface area contributed by atoms with Crippen molar-refractivity contribution in [2.45, 2.75) is 81.6 Å². The highest BCUT2D eigenvalue weighted by Crippen LogP contribution is 2.48. The molecule has 2 heterocycles. The van der Waals surface area contributed by atoms with Crippen LogP contribution in [0.5, 0.6) is 0 Å². The topological polar surface area (TPSA) is 207 Å². The Balaban J connectivity index is 0.000000320. The molecule has 13 nitrogen and oxygen atoms in total. The fourth-order valence-corrected chi connectivity index (χ4v) is 8.28. The van der Waals surface area contributed by atoms with Crippen molar-refractivity contribution in [2.75, 3.05) is 12.5 Å². The van der Waals surface area contributed by atoms with Gasteiger partial charge in [0.1, 0.15) is 17.1 Å². The fourth-order valence-electron chi connectivity index (χ4n) is 6.72. The molecule has 328 valence electrons. The molecule has 1 saturated carbocycles. The maximum Gasteiger partial charge on any atom is 0.433 e. The van der Waals surface area contributed by atoms with Gasteiger partial charge in [-0.05, 0) is 93.5 Å². The first-order valence-corrected chi connectivity index (χ1v) is 21.4. The van der Waals surface area contributed by atoms with E-state index in [1.54, 1.807) is 0 Å². The van der Waals surface area contributed by atoms with Gasteiger partial charge >= 0.3 is 12.4 Å². The first-order valence-electron chi connectivity index (χ1n) is 17.4. The molecule has 0 aromatic carbocycles. The van der Waals surface area contributed by atoms with Crippen molar-refractivity contribution in [1.29, 1.82) is 0 Å². The largest absolute Gasteiger partial charge is 0.506 e. The molecule has 0 bridgehead atoms. The predicted octanol–water partition coefficient (Wildman–Crippen LogP) is 7.40. The number of aryl methyl sites for hydroxylation is 2. The number of aromatic nitrogens is 2. The molecule has 0 atom stereocenters. The third-order valence-electron chi connectivity index (χ3n) is 9.72. The van der Waals surface area contributed by atoms with E-state index in [1.807, 2.05) is 0 Å². The van der Waals surface area contributed by atoms with Gasteiger partial charge < -0.3 is 5.11 Å². The van der Waals surface area contributed by atoms with E-state index in [1.165, 1.54) is 69.2 Å². The molecule has 0 spiro atoms. The monoisotopic (exact) mass is 910 g/mol. The van der Waals surface area contributed by atoms with Crippen LogP contribution >= 0.6 is 11.6 Å². The van der Waals surface area contributed by atoms with Gasteiger partial charge in [-0.3, -0.25) is 19.2 Å². The van der Waals surface area contributed by atoms with Crippen molar-refractivity contribution in [3.63, 3.8) is 0 Å². The maximum atomic E-state index is 13.3. The smallest absolute Gasteiger partial charge is 0.433 e. The second-order valence-electron chi connectivity index (χ2n) is 16.2. The minimum Gasteiger partial charge on any atom is -0.506 e. The van der Waals surface area contributed by atoms with Crippen LogP contribution in [-0.2, 0) is 46.8 Å². The second-order valence-corrected chi connectivity index (χ2v) is 19.9. The van der Waals surface area contributed by atoms with Crippen molar-refractivity contribution >= 4 is 72.0 Å². The van der Waals surface area contributed by atoms with Crippen molar-refractivity contribution < 1.29 is 67.5 Å². The molecule has 1 N–H and O–H groups in total. The van der Waals surface area contributed by atoms with Gasteiger partial charge in [0.15, 0.2) is 23.1 Å². The first kappa shape index (κ1) is 49.7. The number of carbonyl (C=O) groups excluding carboxylic acids is 4. The van der Waals surface area contributed by atoms with E-state index >= 15 is 0 Å². The quantitative estimate of drug-likeness (QED) is 0.103. The van der Waals surface area contributed by atoms with Crippen LogP contribution < -0.4 is 0 Å². The van der Waals surface area contributed by atoms with E-state index in [0.717, 1.165) is 24.6 Å². The number of hydrogen-bond acceptors (Lipinski definition) is 11.